The Morgan fingerprint density at radius 2 is 1.90 bits per heavy atom. The van der Waals surface area contributed by atoms with Crippen molar-refractivity contribution in [2.24, 2.45) is 0 Å². The van der Waals surface area contributed by atoms with Gasteiger partial charge >= 0.3 is 0 Å². The molecule has 0 amide bonds. The van der Waals surface area contributed by atoms with E-state index in [0.717, 1.165) is 11.0 Å². The molecule has 2 aromatic rings. The zero-order chi connectivity index (χ0) is 15.1. The third-order valence-electron chi connectivity index (χ3n) is 2.65. The van der Waals surface area contributed by atoms with Crippen LogP contribution in [0.4, 0.5) is 0 Å². The fourth-order valence-electron chi connectivity index (χ4n) is 1.63. The summed E-state index contributed by atoms with van der Waals surface area (Å²) in [4.78, 5) is 11.4. The van der Waals surface area contributed by atoms with Crippen LogP contribution in [0.5, 0.6) is 0 Å². The van der Waals surface area contributed by atoms with Crippen molar-refractivity contribution in [2.75, 3.05) is 6.54 Å². The van der Waals surface area contributed by atoms with Gasteiger partial charge in [0.2, 0.25) is 10.0 Å². The normalized spacial score (nSPS) is 11.8. The van der Waals surface area contributed by atoms with Crippen LogP contribution in [0.1, 0.15) is 5.56 Å². The first-order chi connectivity index (χ1) is 10.1. The second-order valence-corrected chi connectivity index (χ2v) is 5.89. The van der Waals surface area contributed by atoms with E-state index in [0.29, 0.717) is 0 Å². The molecule has 0 atom stereocenters. The van der Waals surface area contributed by atoms with E-state index in [1.165, 1.54) is 29.1 Å². The average Bonchev–Trinajstić information content (AvgIpc) is 2.48. The Morgan fingerprint density at radius 3 is 2.62 bits per heavy atom. The zero-order valence-corrected chi connectivity index (χ0v) is 12.0. The van der Waals surface area contributed by atoms with Crippen LogP contribution in [-0.2, 0) is 16.6 Å². The summed E-state index contributed by atoms with van der Waals surface area (Å²) >= 11 is 0. The molecule has 0 aliphatic heterocycles. The Hall–Kier alpha value is -2.25. The molecule has 1 aromatic carbocycles. The monoisotopic (exact) mass is 305 g/mol. The molecule has 110 valence electrons. The molecule has 0 fully saturated rings. The van der Waals surface area contributed by atoms with Gasteiger partial charge in [0.15, 0.2) is 0 Å². The minimum absolute atomic E-state index is 0.0956. The molecule has 0 aliphatic rings. The van der Waals surface area contributed by atoms with Crippen molar-refractivity contribution in [3.8, 4) is 0 Å². The molecule has 0 radical (unpaired) electrons. The molecule has 0 unspecified atom stereocenters. The van der Waals surface area contributed by atoms with Gasteiger partial charge in [0, 0.05) is 24.2 Å². The van der Waals surface area contributed by atoms with Gasteiger partial charge in [-0.15, -0.1) is 0 Å². The number of aromatic nitrogens is 2. The van der Waals surface area contributed by atoms with Crippen LogP contribution in [0.2, 0.25) is 0 Å². The van der Waals surface area contributed by atoms with Crippen molar-refractivity contribution in [2.45, 2.75) is 6.54 Å². The van der Waals surface area contributed by atoms with Crippen LogP contribution in [-0.4, -0.2) is 24.7 Å². The van der Waals surface area contributed by atoms with E-state index in [9.17, 15) is 13.2 Å². The molecule has 21 heavy (non-hydrogen) atoms. The van der Waals surface area contributed by atoms with E-state index in [4.69, 9.17) is 0 Å². The third kappa shape index (κ3) is 4.97. The second-order valence-electron chi connectivity index (χ2n) is 4.24. The highest BCUT2D eigenvalue weighted by Crippen LogP contribution is 2.02. The Bertz CT molecular complexity index is 767. The Morgan fingerprint density at radius 1 is 1.14 bits per heavy atom. The molecular formula is C14H15N3O3S. The van der Waals surface area contributed by atoms with Crippen LogP contribution in [0.3, 0.4) is 0 Å². The van der Waals surface area contributed by atoms with Crippen LogP contribution in [0.15, 0.2) is 58.9 Å². The van der Waals surface area contributed by atoms with E-state index in [1.807, 2.05) is 18.2 Å². The van der Waals surface area contributed by atoms with E-state index >= 15 is 0 Å². The summed E-state index contributed by atoms with van der Waals surface area (Å²) in [7, 11) is -3.54. The minimum Gasteiger partial charge on any atom is -0.268 e. The zero-order valence-electron chi connectivity index (χ0n) is 11.2. The Balaban J connectivity index is 1.92. The Kier molecular flexibility index (Phi) is 5.02. The largest absolute Gasteiger partial charge is 0.268 e. The number of rotatable bonds is 6. The predicted octanol–water partition coefficient (Wildman–Crippen LogP) is 0.834. The fourth-order valence-corrected chi connectivity index (χ4v) is 2.44. The van der Waals surface area contributed by atoms with Crippen LogP contribution in [0, 0.1) is 0 Å². The van der Waals surface area contributed by atoms with Gasteiger partial charge < -0.3 is 0 Å². The molecule has 1 aromatic heterocycles. The van der Waals surface area contributed by atoms with Gasteiger partial charge in [0.25, 0.3) is 5.56 Å². The summed E-state index contributed by atoms with van der Waals surface area (Å²) in [6, 6.07) is 12.0. The van der Waals surface area contributed by atoms with Crippen molar-refractivity contribution in [3.05, 3.63) is 70.0 Å². The van der Waals surface area contributed by atoms with Gasteiger partial charge in [0.05, 0.1) is 6.54 Å². The molecule has 0 saturated heterocycles. The van der Waals surface area contributed by atoms with Crippen molar-refractivity contribution in [3.63, 3.8) is 0 Å². The van der Waals surface area contributed by atoms with Crippen LogP contribution in [0.25, 0.3) is 6.08 Å². The summed E-state index contributed by atoms with van der Waals surface area (Å²) < 4.78 is 27.1. The highest BCUT2D eigenvalue weighted by molar-refractivity contribution is 7.92. The summed E-state index contributed by atoms with van der Waals surface area (Å²) in [6.45, 7) is 0.274. The molecule has 6 nitrogen and oxygen atoms in total. The van der Waals surface area contributed by atoms with E-state index in [2.05, 4.69) is 9.82 Å². The lowest BCUT2D eigenvalue weighted by Crippen LogP contribution is -2.30. The van der Waals surface area contributed by atoms with Gasteiger partial charge in [0.1, 0.15) is 0 Å². The maximum absolute atomic E-state index is 11.8. The molecule has 0 aliphatic carbocycles. The maximum Gasteiger partial charge on any atom is 0.266 e. The predicted molar refractivity (Wildman–Crippen MR) is 80.9 cm³/mol. The molecule has 7 heteroatoms. The number of hydrogen-bond donors (Lipinski definition) is 1. The summed E-state index contributed by atoms with van der Waals surface area (Å²) in [5.74, 6) is 0. The quantitative estimate of drug-likeness (QED) is 0.857. The molecule has 0 saturated carbocycles. The highest BCUT2D eigenvalue weighted by Gasteiger charge is 2.04. The molecule has 1 N–H and O–H groups in total. The van der Waals surface area contributed by atoms with E-state index in [-0.39, 0.29) is 18.6 Å². The number of sulfonamides is 1. The van der Waals surface area contributed by atoms with Crippen LogP contribution < -0.4 is 10.3 Å². The van der Waals surface area contributed by atoms with Gasteiger partial charge in [-0.2, -0.15) is 5.10 Å². The lowest BCUT2D eigenvalue weighted by Gasteiger charge is -2.04. The summed E-state index contributed by atoms with van der Waals surface area (Å²) in [6.07, 6.45) is 2.99. The van der Waals surface area contributed by atoms with Crippen LogP contribution >= 0.6 is 0 Å². The molecule has 2 rings (SSSR count). The third-order valence-corrected chi connectivity index (χ3v) is 3.75. The van der Waals surface area contributed by atoms with Gasteiger partial charge in [-0.1, -0.05) is 30.3 Å². The first-order valence-corrected chi connectivity index (χ1v) is 7.86. The minimum atomic E-state index is -3.54. The maximum atomic E-state index is 11.8. The molecular weight excluding hydrogens is 290 g/mol. The lowest BCUT2D eigenvalue weighted by molar-refractivity contribution is 0.552. The number of benzene rings is 1. The first-order valence-electron chi connectivity index (χ1n) is 6.32. The topological polar surface area (TPSA) is 81.1 Å². The fraction of sp³-hybridized carbons (Fsp3) is 0.143. The van der Waals surface area contributed by atoms with E-state index < -0.39 is 10.0 Å². The summed E-state index contributed by atoms with van der Waals surface area (Å²) in [5.41, 5.74) is 0.528. The van der Waals surface area contributed by atoms with Gasteiger partial charge in [-0.05, 0) is 17.7 Å². The van der Waals surface area contributed by atoms with Crippen molar-refractivity contribution in [1.82, 2.24) is 14.5 Å². The number of hydrogen-bond acceptors (Lipinski definition) is 4. The SMILES string of the molecule is O=c1cccnn1CCNS(=O)(=O)C=Cc1ccccc1. The lowest BCUT2D eigenvalue weighted by atomic mass is 10.2. The summed E-state index contributed by atoms with van der Waals surface area (Å²) in [5, 5.41) is 4.94. The Labute approximate surface area is 122 Å². The average molecular weight is 305 g/mol. The van der Waals surface area contributed by atoms with Crippen molar-refractivity contribution in [1.29, 1.82) is 0 Å². The number of nitrogens with zero attached hydrogens (tertiary/aromatic N) is 2. The molecule has 0 bridgehead atoms. The standard InChI is InChI=1S/C14H15N3O3S/c18-14-7-4-9-15-17(14)11-10-16-21(19,20)12-8-13-5-2-1-3-6-13/h1-9,12,16H,10-11H2. The van der Waals surface area contributed by atoms with Crippen molar-refractivity contribution < 1.29 is 8.42 Å². The smallest absolute Gasteiger partial charge is 0.266 e. The second kappa shape index (κ2) is 6.96. The number of nitrogens with one attached hydrogen (secondary N) is 1. The van der Waals surface area contributed by atoms with Gasteiger partial charge in [-0.3, -0.25) is 4.79 Å². The van der Waals surface area contributed by atoms with Crippen molar-refractivity contribution >= 4 is 16.1 Å². The van der Waals surface area contributed by atoms with E-state index in [1.54, 1.807) is 12.1 Å². The molecule has 0 spiro atoms. The first kappa shape index (κ1) is 15.1. The van der Waals surface area contributed by atoms with Gasteiger partial charge in [-0.25, -0.2) is 17.8 Å². The highest BCUT2D eigenvalue weighted by atomic mass is 32.2. The molecule has 1 heterocycles.